The predicted molar refractivity (Wildman–Crippen MR) is 121 cm³/mol. The lowest BCUT2D eigenvalue weighted by molar-refractivity contribution is -0.384. The number of rotatable bonds is 8. The van der Waals surface area contributed by atoms with E-state index in [9.17, 15) is 19.7 Å². The minimum Gasteiger partial charge on any atom is -0.457 e. The number of non-ortho nitro benzene ring substituents is 1. The highest BCUT2D eigenvalue weighted by atomic mass is 16.6. The molecule has 1 heterocycles. The summed E-state index contributed by atoms with van der Waals surface area (Å²) < 4.78 is 5.77. The Morgan fingerprint density at radius 3 is 2.50 bits per heavy atom. The summed E-state index contributed by atoms with van der Waals surface area (Å²) in [6.07, 6.45) is 1.43. The zero-order valence-corrected chi connectivity index (χ0v) is 17.7. The molecule has 0 aliphatic heterocycles. The number of furan rings is 1. The Balaban J connectivity index is 1.88. The second-order valence-electron chi connectivity index (χ2n) is 7.49. The van der Waals surface area contributed by atoms with Crippen molar-refractivity contribution in [2.45, 2.75) is 13.8 Å². The molecule has 0 aliphatic rings. The second-order valence-corrected chi connectivity index (χ2v) is 7.49. The van der Waals surface area contributed by atoms with E-state index in [4.69, 9.17) is 4.42 Å². The number of nitrogens with zero attached hydrogens (tertiary/aromatic N) is 1. The van der Waals surface area contributed by atoms with Gasteiger partial charge in [-0.15, -0.1) is 0 Å². The van der Waals surface area contributed by atoms with Crippen LogP contribution in [0.3, 0.4) is 0 Å². The maximum absolute atomic E-state index is 12.7. The largest absolute Gasteiger partial charge is 0.457 e. The van der Waals surface area contributed by atoms with Crippen molar-refractivity contribution in [1.82, 2.24) is 10.6 Å². The van der Waals surface area contributed by atoms with Crippen LogP contribution in [-0.4, -0.2) is 23.3 Å². The van der Waals surface area contributed by atoms with E-state index in [1.54, 1.807) is 54.6 Å². The lowest BCUT2D eigenvalue weighted by atomic mass is 10.1. The standard InChI is InChI=1S/C24H23N3O5/c1-16(2)15-25-24(29)21(26-23(28)17-7-4-3-5-8-17)14-20-11-12-22(32-20)18-9-6-10-19(13-18)27(30)31/h3-14,16H,15H2,1-2H3,(H,25,29)(H,26,28)/b21-14-. The Morgan fingerprint density at radius 1 is 1.06 bits per heavy atom. The van der Waals surface area contributed by atoms with Gasteiger partial charge in [-0.1, -0.05) is 44.2 Å². The summed E-state index contributed by atoms with van der Waals surface area (Å²) in [4.78, 5) is 35.8. The van der Waals surface area contributed by atoms with Crippen molar-refractivity contribution in [2.24, 2.45) is 5.92 Å². The maximum atomic E-state index is 12.7. The number of amides is 2. The van der Waals surface area contributed by atoms with Gasteiger partial charge in [-0.3, -0.25) is 19.7 Å². The number of hydrogen-bond donors (Lipinski definition) is 2. The van der Waals surface area contributed by atoms with Crippen molar-refractivity contribution in [3.8, 4) is 11.3 Å². The minimum absolute atomic E-state index is 0.0273. The van der Waals surface area contributed by atoms with Crippen molar-refractivity contribution in [3.63, 3.8) is 0 Å². The smallest absolute Gasteiger partial charge is 0.270 e. The Kier molecular flexibility index (Phi) is 7.17. The third-order valence-corrected chi connectivity index (χ3v) is 4.45. The third kappa shape index (κ3) is 5.91. The molecule has 0 fully saturated rings. The molecule has 0 bridgehead atoms. The fourth-order valence-electron chi connectivity index (χ4n) is 2.84. The molecule has 2 N–H and O–H groups in total. The van der Waals surface area contributed by atoms with E-state index in [-0.39, 0.29) is 17.3 Å². The SMILES string of the molecule is CC(C)CNC(=O)/C(=C/c1ccc(-c2cccc([N+](=O)[O-])c2)o1)NC(=O)c1ccccc1. The zero-order chi connectivity index (χ0) is 23.1. The van der Waals surface area contributed by atoms with E-state index in [0.29, 0.717) is 29.2 Å². The molecular weight excluding hydrogens is 410 g/mol. The maximum Gasteiger partial charge on any atom is 0.270 e. The fraction of sp³-hybridized carbons (Fsp3) is 0.167. The molecule has 0 atom stereocenters. The van der Waals surface area contributed by atoms with Gasteiger partial charge in [-0.2, -0.15) is 0 Å². The number of hydrogen-bond acceptors (Lipinski definition) is 5. The summed E-state index contributed by atoms with van der Waals surface area (Å²) in [5.41, 5.74) is 0.907. The van der Waals surface area contributed by atoms with Gasteiger partial charge < -0.3 is 15.1 Å². The molecule has 2 amide bonds. The highest BCUT2D eigenvalue weighted by molar-refractivity contribution is 6.05. The molecule has 0 saturated heterocycles. The molecule has 0 radical (unpaired) electrons. The highest BCUT2D eigenvalue weighted by Gasteiger charge is 2.16. The molecule has 0 unspecified atom stereocenters. The van der Waals surface area contributed by atoms with E-state index in [1.807, 2.05) is 13.8 Å². The Bertz CT molecular complexity index is 1150. The summed E-state index contributed by atoms with van der Waals surface area (Å²) >= 11 is 0. The van der Waals surface area contributed by atoms with Crippen LogP contribution in [0.4, 0.5) is 5.69 Å². The van der Waals surface area contributed by atoms with Crippen molar-refractivity contribution in [1.29, 1.82) is 0 Å². The van der Waals surface area contributed by atoms with E-state index < -0.39 is 16.7 Å². The molecule has 3 aromatic rings. The van der Waals surface area contributed by atoms with Crippen LogP contribution in [0.1, 0.15) is 30.0 Å². The first kappa shape index (κ1) is 22.5. The predicted octanol–water partition coefficient (Wildman–Crippen LogP) is 4.40. The first-order valence-electron chi connectivity index (χ1n) is 10.0. The Labute approximate surface area is 185 Å². The molecule has 0 aliphatic carbocycles. The molecule has 8 heteroatoms. The average molecular weight is 433 g/mol. The van der Waals surface area contributed by atoms with Gasteiger partial charge in [0.1, 0.15) is 17.2 Å². The van der Waals surface area contributed by atoms with Gasteiger partial charge in [0.25, 0.3) is 17.5 Å². The van der Waals surface area contributed by atoms with Crippen molar-refractivity contribution in [2.75, 3.05) is 6.54 Å². The van der Waals surface area contributed by atoms with Crippen LogP contribution in [-0.2, 0) is 4.79 Å². The van der Waals surface area contributed by atoms with Gasteiger partial charge in [0, 0.05) is 35.9 Å². The molecule has 32 heavy (non-hydrogen) atoms. The van der Waals surface area contributed by atoms with Gasteiger partial charge >= 0.3 is 0 Å². The molecule has 0 spiro atoms. The van der Waals surface area contributed by atoms with Gasteiger partial charge in [0.2, 0.25) is 0 Å². The molecule has 2 aromatic carbocycles. The quantitative estimate of drug-likeness (QED) is 0.310. The molecule has 8 nitrogen and oxygen atoms in total. The van der Waals surface area contributed by atoms with Crippen molar-refractivity contribution >= 4 is 23.6 Å². The van der Waals surface area contributed by atoms with Crippen LogP contribution in [0.5, 0.6) is 0 Å². The van der Waals surface area contributed by atoms with Gasteiger partial charge in [-0.25, -0.2) is 0 Å². The molecule has 164 valence electrons. The van der Waals surface area contributed by atoms with E-state index in [0.717, 1.165) is 0 Å². The molecule has 1 aromatic heterocycles. The van der Waals surface area contributed by atoms with Crippen LogP contribution in [0, 0.1) is 16.0 Å². The third-order valence-electron chi connectivity index (χ3n) is 4.45. The van der Waals surface area contributed by atoms with Crippen molar-refractivity contribution < 1.29 is 18.9 Å². The van der Waals surface area contributed by atoms with E-state index in [2.05, 4.69) is 10.6 Å². The van der Waals surface area contributed by atoms with Crippen LogP contribution >= 0.6 is 0 Å². The van der Waals surface area contributed by atoms with Crippen LogP contribution in [0.25, 0.3) is 17.4 Å². The summed E-state index contributed by atoms with van der Waals surface area (Å²) in [6.45, 7) is 4.36. The normalized spacial score (nSPS) is 11.3. The monoisotopic (exact) mass is 433 g/mol. The van der Waals surface area contributed by atoms with Gasteiger partial charge in [-0.05, 0) is 30.2 Å². The van der Waals surface area contributed by atoms with E-state index in [1.165, 1.54) is 18.2 Å². The highest BCUT2D eigenvalue weighted by Crippen LogP contribution is 2.26. The first-order chi connectivity index (χ1) is 15.3. The number of carbonyl (C=O) groups is 2. The number of nitro benzene ring substituents is 1. The lowest BCUT2D eigenvalue weighted by Crippen LogP contribution is -2.36. The van der Waals surface area contributed by atoms with E-state index >= 15 is 0 Å². The van der Waals surface area contributed by atoms with Gasteiger partial charge in [0.05, 0.1) is 4.92 Å². The number of nitro groups is 1. The van der Waals surface area contributed by atoms with Crippen molar-refractivity contribution in [3.05, 3.63) is 93.9 Å². The Morgan fingerprint density at radius 2 is 1.81 bits per heavy atom. The summed E-state index contributed by atoms with van der Waals surface area (Å²) in [7, 11) is 0. The van der Waals surface area contributed by atoms with Gasteiger partial charge in [0.15, 0.2) is 0 Å². The van der Waals surface area contributed by atoms with Crippen LogP contribution in [0.15, 0.2) is 76.8 Å². The number of nitrogens with one attached hydrogen (secondary N) is 2. The summed E-state index contributed by atoms with van der Waals surface area (Å²) in [5, 5.41) is 16.4. The molecule has 0 saturated carbocycles. The summed E-state index contributed by atoms with van der Waals surface area (Å²) in [6, 6.07) is 17.9. The topological polar surface area (TPSA) is 114 Å². The molecular formula is C24H23N3O5. The van der Waals surface area contributed by atoms with Crippen LogP contribution in [0.2, 0.25) is 0 Å². The molecule has 3 rings (SSSR count). The average Bonchev–Trinajstić information content (AvgIpc) is 3.26. The fourth-order valence-corrected chi connectivity index (χ4v) is 2.84. The summed E-state index contributed by atoms with van der Waals surface area (Å²) in [5.74, 6) is 0.0678. The zero-order valence-electron chi connectivity index (χ0n) is 17.7. The second kappa shape index (κ2) is 10.2. The minimum atomic E-state index is -0.483. The number of carbonyl (C=O) groups excluding carboxylic acids is 2. The van der Waals surface area contributed by atoms with Crippen LogP contribution < -0.4 is 10.6 Å². The number of benzene rings is 2. The lowest BCUT2D eigenvalue weighted by Gasteiger charge is -2.12. The Hall–Kier alpha value is -4.20. The first-order valence-corrected chi connectivity index (χ1v) is 10.0.